The smallest absolute Gasteiger partial charge is 0.245 e. The van der Waals surface area contributed by atoms with Crippen molar-refractivity contribution in [1.82, 2.24) is 10.6 Å². The summed E-state index contributed by atoms with van der Waals surface area (Å²) in [5.74, 6) is -1.99. The summed E-state index contributed by atoms with van der Waals surface area (Å²) in [7, 11) is 1.53. The van der Waals surface area contributed by atoms with Crippen LogP contribution >= 0.6 is 15.9 Å². The standard InChI is InChI=1S/C17H17BrF2N2O2/c1-21-15(24)17(22-9-23)4-2-16(3-5-17)11-8-13(20)12(19)6-10(11)7-14(16)18/h6-9H,2-5H2,1H3,(H,21,24)(H,22,23). The third-order valence-corrected chi connectivity index (χ3v) is 6.29. The highest BCUT2D eigenvalue weighted by molar-refractivity contribution is 9.11. The van der Waals surface area contributed by atoms with Gasteiger partial charge in [0.15, 0.2) is 11.6 Å². The van der Waals surface area contributed by atoms with Crippen LogP contribution in [0, 0.1) is 11.6 Å². The van der Waals surface area contributed by atoms with Gasteiger partial charge in [-0.15, -0.1) is 0 Å². The van der Waals surface area contributed by atoms with Gasteiger partial charge in [-0.2, -0.15) is 0 Å². The number of likely N-dealkylation sites (N-methyl/N-ethyl adjacent to an activating group) is 1. The number of hydrogen-bond acceptors (Lipinski definition) is 2. The second kappa shape index (κ2) is 5.95. The van der Waals surface area contributed by atoms with Gasteiger partial charge < -0.3 is 10.6 Å². The van der Waals surface area contributed by atoms with Crippen LogP contribution in [0.1, 0.15) is 36.8 Å². The number of carbonyl (C=O) groups excluding carboxylic acids is 2. The summed E-state index contributed by atoms with van der Waals surface area (Å²) in [6.45, 7) is 0. The van der Waals surface area contributed by atoms with Crippen LogP contribution in [0.25, 0.3) is 6.08 Å². The van der Waals surface area contributed by atoms with Crippen molar-refractivity contribution in [2.24, 2.45) is 0 Å². The normalized spacial score (nSPS) is 28.2. The lowest BCUT2D eigenvalue weighted by molar-refractivity contribution is -0.131. The third kappa shape index (κ3) is 2.37. The Morgan fingerprint density at radius 2 is 1.83 bits per heavy atom. The van der Waals surface area contributed by atoms with Gasteiger partial charge in [-0.25, -0.2) is 8.78 Å². The van der Waals surface area contributed by atoms with E-state index in [2.05, 4.69) is 26.6 Å². The average molecular weight is 399 g/mol. The van der Waals surface area contributed by atoms with Crippen LogP contribution in [-0.2, 0) is 15.0 Å². The number of fused-ring (bicyclic) bond motifs is 2. The number of halogens is 3. The van der Waals surface area contributed by atoms with Gasteiger partial charge in [0.1, 0.15) is 5.54 Å². The van der Waals surface area contributed by atoms with Gasteiger partial charge in [0.2, 0.25) is 12.3 Å². The summed E-state index contributed by atoms with van der Waals surface area (Å²) in [6.07, 6.45) is 4.24. The van der Waals surface area contributed by atoms with Gasteiger partial charge in [0, 0.05) is 16.9 Å². The van der Waals surface area contributed by atoms with Crippen LogP contribution in [0.15, 0.2) is 16.6 Å². The van der Waals surface area contributed by atoms with Crippen LogP contribution in [0.3, 0.4) is 0 Å². The lowest BCUT2D eigenvalue weighted by Gasteiger charge is -2.44. The van der Waals surface area contributed by atoms with E-state index in [4.69, 9.17) is 0 Å². The number of amides is 2. The molecule has 0 unspecified atom stereocenters. The number of allylic oxidation sites excluding steroid dienone is 1. The zero-order chi connectivity index (χ0) is 17.5. The van der Waals surface area contributed by atoms with E-state index in [1.54, 1.807) is 6.08 Å². The maximum atomic E-state index is 13.8. The van der Waals surface area contributed by atoms with Gasteiger partial charge in [-0.1, -0.05) is 15.9 Å². The molecular weight excluding hydrogens is 382 g/mol. The quantitative estimate of drug-likeness (QED) is 0.769. The number of hydrogen-bond donors (Lipinski definition) is 2. The first-order chi connectivity index (χ1) is 11.4. The zero-order valence-electron chi connectivity index (χ0n) is 13.1. The lowest BCUT2D eigenvalue weighted by atomic mass is 9.65. The molecule has 1 aromatic rings. The van der Waals surface area contributed by atoms with E-state index >= 15 is 0 Å². The molecule has 3 rings (SSSR count). The summed E-state index contributed by atoms with van der Waals surface area (Å²) in [4.78, 5) is 23.2. The fraction of sp³-hybridized carbons (Fsp3) is 0.412. The first kappa shape index (κ1) is 17.1. The second-order valence-corrected chi connectivity index (χ2v) is 7.21. The molecule has 0 saturated heterocycles. The van der Waals surface area contributed by atoms with Crippen molar-refractivity contribution in [2.75, 3.05) is 7.05 Å². The van der Waals surface area contributed by atoms with E-state index in [1.807, 2.05) is 0 Å². The molecule has 2 aliphatic carbocycles. The van der Waals surface area contributed by atoms with Crippen molar-refractivity contribution in [2.45, 2.75) is 36.6 Å². The Balaban J connectivity index is 1.97. The van der Waals surface area contributed by atoms with Crippen molar-refractivity contribution >= 4 is 34.3 Å². The third-order valence-electron chi connectivity index (χ3n) is 5.30. The molecule has 2 N–H and O–H groups in total. The molecule has 4 nitrogen and oxygen atoms in total. The molecule has 0 heterocycles. The maximum Gasteiger partial charge on any atom is 0.245 e. The Kier molecular flexibility index (Phi) is 4.23. The molecule has 1 saturated carbocycles. The van der Waals surface area contributed by atoms with Gasteiger partial charge in [0.05, 0.1) is 0 Å². The Morgan fingerprint density at radius 1 is 1.21 bits per heavy atom. The molecule has 0 bridgehead atoms. The Hall–Kier alpha value is -1.76. The van der Waals surface area contributed by atoms with Crippen molar-refractivity contribution in [3.8, 4) is 0 Å². The lowest BCUT2D eigenvalue weighted by Crippen LogP contribution is -2.59. The first-order valence-corrected chi connectivity index (χ1v) is 8.48. The van der Waals surface area contributed by atoms with Gasteiger partial charge in [0.25, 0.3) is 0 Å². The minimum Gasteiger partial charge on any atom is -0.357 e. The SMILES string of the molecule is CNC(=O)C1(NC=O)CCC2(CC1)C(Br)=Cc1cc(F)c(F)cc12. The highest BCUT2D eigenvalue weighted by Gasteiger charge is 2.50. The van der Waals surface area contributed by atoms with Crippen LogP contribution in [0.4, 0.5) is 8.78 Å². The summed E-state index contributed by atoms with van der Waals surface area (Å²) < 4.78 is 28.1. The van der Waals surface area contributed by atoms with Crippen LogP contribution in [0.2, 0.25) is 0 Å². The molecule has 2 amide bonds. The van der Waals surface area contributed by atoms with E-state index < -0.39 is 22.6 Å². The molecule has 1 fully saturated rings. The van der Waals surface area contributed by atoms with E-state index in [9.17, 15) is 18.4 Å². The summed E-state index contributed by atoms with van der Waals surface area (Å²) in [5, 5.41) is 5.24. The van der Waals surface area contributed by atoms with E-state index in [1.165, 1.54) is 19.2 Å². The molecule has 1 aromatic carbocycles. The number of carbonyl (C=O) groups is 2. The minimum absolute atomic E-state index is 0.243. The van der Waals surface area contributed by atoms with E-state index in [0.717, 1.165) is 10.0 Å². The maximum absolute atomic E-state index is 13.8. The van der Waals surface area contributed by atoms with Crippen LogP contribution < -0.4 is 10.6 Å². The van der Waals surface area contributed by atoms with Crippen LogP contribution in [-0.4, -0.2) is 24.9 Å². The van der Waals surface area contributed by atoms with Crippen molar-refractivity contribution in [1.29, 1.82) is 0 Å². The summed E-state index contributed by atoms with van der Waals surface area (Å²) >= 11 is 3.54. The van der Waals surface area contributed by atoms with Gasteiger partial charge in [-0.05, 0) is 55.0 Å². The van der Waals surface area contributed by atoms with E-state index in [0.29, 0.717) is 37.7 Å². The second-order valence-electron chi connectivity index (χ2n) is 6.35. The molecule has 128 valence electrons. The molecular formula is C17H17BrF2N2O2. The Morgan fingerprint density at radius 3 is 2.42 bits per heavy atom. The molecule has 0 aromatic heterocycles. The molecule has 2 aliphatic rings. The number of rotatable bonds is 3. The molecule has 1 spiro atoms. The highest BCUT2D eigenvalue weighted by atomic mass is 79.9. The molecule has 0 aliphatic heterocycles. The monoisotopic (exact) mass is 398 g/mol. The molecule has 0 radical (unpaired) electrons. The summed E-state index contributed by atoms with van der Waals surface area (Å²) in [5.41, 5.74) is -0.0658. The number of benzene rings is 1. The largest absolute Gasteiger partial charge is 0.357 e. The Labute approximate surface area is 146 Å². The van der Waals surface area contributed by atoms with Crippen molar-refractivity contribution < 1.29 is 18.4 Å². The number of nitrogens with one attached hydrogen (secondary N) is 2. The van der Waals surface area contributed by atoms with Gasteiger partial charge in [-0.3, -0.25) is 9.59 Å². The summed E-state index contributed by atoms with van der Waals surface area (Å²) in [6, 6.07) is 2.44. The van der Waals surface area contributed by atoms with Crippen LogP contribution in [0.5, 0.6) is 0 Å². The minimum atomic E-state index is -0.962. The molecule has 0 atom stereocenters. The van der Waals surface area contributed by atoms with Crippen molar-refractivity contribution in [3.05, 3.63) is 39.4 Å². The predicted octanol–water partition coefficient (Wildman–Crippen LogP) is 2.76. The molecule has 7 heteroatoms. The average Bonchev–Trinajstić information content (AvgIpc) is 2.82. The highest BCUT2D eigenvalue weighted by Crippen LogP contribution is 2.55. The fourth-order valence-corrected chi connectivity index (χ4v) is 4.76. The molecule has 24 heavy (non-hydrogen) atoms. The first-order valence-electron chi connectivity index (χ1n) is 7.69. The van der Waals surface area contributed by atoms with Gasteiger partial charge >= 0.3 is 0 Å². The zero-order valence-corrected chi connectivity index (χ0v) is 14.7. The Bertz CT molecular complexity index is 740. The topological polar surface area (TPSA) is 58.2 Å². The fourth-order valence-electron chi connectivity index (χ4n) is 3.90. The van der Waals surface area contributed by atoms with E-state index in [-0.39, 0.29) is 5.91 Å². The van der Waals surface area contributed by atoms with Crippen molar-refractivity contribution in [3.63, 3.8) is 0 Å². The predicted molar refractivity (Wildman–Crippen MR) is 89.4 cm³/mol.